The summed E-state index contributed by atoms with van der Waals surface area (Å²) in [4.78, 5) is 19.4. The Kier molecular flexibility index (Phi) is 5.90. The zero-order valence-corrected chi connectivity index (χ0v) is 12.6. The molecule has 22 heavy (non-hydrogen) atoms. The monoisotopic (exact) mass is 313 g/mol. The van der Waals surface area contributed by atoms with Crippen LogP contribution < -0.4 is 10.6 Å². The summed E-state index contributed by atoms with van der Waals surface area (Å²) in [7, 11) is 0. The van der Waals surface area contributed by atoms with Crippen molar-refractivity contribution < 1.29 is 20.1 Å². The van der Waals surface area contributed by atoms with Crippen molar-refractivity contribution in [2.45, 2.75) is 50.7 Å². The van der Waals surface area contributed by atoms with Gasteiger partial charge in [0.1, 0.15) is 24.1 Å². The summed E-state index contributed by atoms with van der Waals surface area (Å²) in [5, 5.41) is 29.3. The second-order valence-corrected chi connectivity index (χ2v) is 5.38. The van der Waals surface area contributed by atoms with Crippen LogP contribution in [0.15, 0.2) is 17.1 Å². The van der Waals surface area contributed by atoms with Crippen LogP contribution in [0.1, 0.15) is 26.2 Å². The van der Waals surface area contributed by atoms with Crippen molar-refractivity contribution >= 4 is 5.82 Å². The SMILES string of the molecule is CCCCCN(c1cc[nH]c(=O)n1)[C@@H]1O[C@H](CO)[C@@H](O)[C@@H]1O. The maximum atomic E-state index is 11.4. The number of aromatic amines is 1. The lowest BCUT2D eigenvalue weighted by atomic mass is 10.1. The van der Waals surface area contributed by atoms with Gasteiger partial charge >= 0.3 is 5.69 Å². The van der Waals surface area contributed by atoms with Crippen LogP contribution in [0.4, 0.5) is 5.82 Å². The van der Waals surface area contributed by atoms with E-state index in [0.29, 0.717) is 12.4 Å². The largest absolute Gasteiger partial charge is 0.394 e. The van der Waals surface area contributed by atoms with Crippen LogP contribution in [-0.2, 0) is 4.74 Å². The van der Waals surface area contributed by atoms with Crippen LogP contribution >= 0.6 is 0 Å². The first-order valence-corrected chi connectivity index (χ1v) is 7.53. The van der Waals surface area contributed by atoms with Crippen LogP contribution in [0, 0.1) is 0 Å². The van der Waals surface area contributed by atoms with Gasteiger partial charge < -0.3 is 29.9 Å². The molecule has 4 atom stereocenters. The molecule has 1 aliphatic rings. The first-order valence-electron chi connectivity index (χ1n) is 7.53. The van der Waals surface area contributed by atoms with Gasteiger partial charge in [-0.1, -0.05) is 19.8 Å². The maximum Gasteiger partial charge on any atom is 0.346 e. The van der Waals surface area contributed by atoms with Gasteiger partial charge in [-0.2, -0.15) is 4.98 Å². The molecule has 1 aliphatic heterocycles. The van der Waals surface area contributed by atoms with Crippen molar-refractivity contribution in [1.29, 1.82) is 0 Å². The third-order valence-corrected chi connectivity index (χ3v) is 3.78. The number of anilines is 1. The number of H-pyrrole nitrogens is 1. The van der Waals surface area contributed by atoms with E-state index in [1.165, 1.54) is 6.20 Å². The predicted molar refractivity (Wildman–Crippen MR) is 79.5 cm³/mol. The smallest absolute Gasteiger partial charge is 0.346 e. The summed E-state index contributed by atoms with van der Waals surface area (Å²) < 4.78 is 5.55. The Balaban J connectivity index is 2.22. The lowest BCUT2D eigenvalue weighted by molar-refractivity contribution is -0.0227. The molecule has 0 amide bonds. The molecule has 0 aromatic carbocycles. The van der Waals surface area contributed by atoms with Gasteiger partial charge in [-0.15, -0.1) is 0 Å². The van der Waals surface area contributed by atoms with E-state index in [1.807, 2.05) is 0 Å². The van der Waals surface area contributed by atoms with Crippen molar-refractivity contribution in [1.82, 2.24) is 9.97 Å². The third kappa shape index (κ3) is 3.64. The fourth-order valence-corrected chi connectivity index (χ4v) is 2.56. The van der Waals surface area contributed by atoms with Crippen molar-refractivity contribution in [3.63, 3.8) is 0 Å². The van der Waals surface area contributed by atoms with Gasteiger partial charge in [0.2, 0.25) is 0 Å². The average molecular weight is 313 g/mol. The average Bonchev–Trinajstić information content (AvgIpc) is 2.79. The van der Waals surface area contributed by atoms with Crippen molar-refractivity contribution in [3.05, 3.63) is 22.7 Å². The van der Waals surface area contributed by atoms with Gasteiger partial charge in [-0.3, -0.25) is 0 Å². The molecule has 0 unspecified atom stereocenters. The molecule has 2 rings (SSSR count). The Bertz CT molecular complexity index is 523. The summed E-state index contributed by atoms with van der Waals surface area (Å²) in [5.41, 5.74) is -0.496. The number of hydrogen-bond acceptors (Lipinski definition) is 7. The van der Waals surface area contributed by atoms with Gasteiger partial charge in [-0.25, -0.2) is 4.79 Å². The number of ether oxygens (including phenoxy) is 1. The molecule has 124 valence electrons. The highest BCUT2D eigenvalue weighted by Crippen LogP contribution is 2.27. The Morgan fingerprint density at radius 3 is 2.73 bits per heavy atom. The third-order valence-electron chi connectivity index (χ3n) is 3.78. The van der Waals surface area contributed by atoms with Crippen LogP contribution in [-0.4, -0.2) is 63.0 Å². The van der Waals surface area contributed by atoms with Gasteiger partial charge in [0.15, 0.2) is 6.23 Å². The molecule has 4 N–H and O–H groups in total. The molecule has 0 radical (unpaired) electrons. The number of aliphatic hydroxyl groups excluding tert-OH is 3. The molecule has 0 bridgehead atoms. The summed E-state index contributed by atoms with van der Waals surface area (Å²) in [6, 6.07) is 1.61. The number of aromatic nitrogens is 2. The molecule has 0 spiro atoms. The zero-order chi connectivity index (χ0) is 16.1. The van der Waals surface area contributed by atoms with Gasteiger partial charge in [0, 0.05) is 12.7 Å². The highest BCUT2D eigenvalue weighted by Gasteiger charge is 2.45. The second kappa shape index (κ2) is 7.68. The molecule has 0 saturated carbocycles. The topological polar surface area (TPSA) is 119 Å². The van der Waals surface area contributed by atoms with Crippen molar-refractivity contribution in [3.8, 4) is 0 Å². The number of hydrogen-bond donors (Lipinski definition) is 4. The minimum absolute atomic E-state index is 0.370. The minimum Gasteiger partial charge on any atom is -0.394 e. The van der Waals surface area contributed by atoms with Crippen LogP contribution in [0.5, 0.6) is 0 Å². The molecule has 2 heterocycles. The van der Waals surface area contributed by atoms with Crippen LogP contribution in [0.3, 0.4) is 0 Å². The Hall–Kier alpha value is -1.48. The Labute approximate surface area is 128 Å². The van der Waals surface area contributed by atoms with E-state index in [-0.39, 0.29) is 6.61 Å². The second-order valence-electron chi connectivity index (χ2n) is 5.38. The molecule has 8 heteroatoms. The maximum absolute atomic E-state index is 11.4. The van der Waals surface area contributed by atoms with E-state index in [1.54, 1.807) is 11.0 Å². The van der Waals surface area contributed by atoms with E-state index in [4.69, 9.17) is 4.74 Å². The first kappa shape index (κ1) is 16.9. The summed E-state index contributed by atoms with van der Waals surface area (Å²) in [6.07, 6.45) is 0.247. The quantitative estimate of drug-likeness (QED) is 0.487. The lowest BCUT2D eigenvalue weighted by Crippen LogP contribution is -2.45. The molecule has 8 nitrogen and oxygen atoms in total. The molecule has 1 fully saturated rings. The van der Waals surface area contributed by atoms with Crippen LogP contribution in [0.25, 0.3) is 0 Å². The van der Waals surface area contributed by atoms with E-state index in [2.05, 4.69) is 16.9 Å². The molecular weight excluding hydrogens is 290 g/mol. The fraction of sp³-hybridized carbons (Fsp3) is 0.714. The lowest BCUT2D eigenvalue weighted by Gasteiger charge is -2.31. The predicted octanol–water partition coefficient (Wildman–Crippen LogP) is -0.794. The summed E-state index contributed by atoms with van der Waals surface area (Å²) in [5.74, 6) is 0.370. The summed E-state index contributed by atoms with van der Waals surface area (Å²) >= 11 is 0. The number of rotatable bonds is 7. The molecule has 1 aromatic rings. The normalized spacial score (nSPS) is 28.0. The molecule has 0 aliphatic carbocycles. The number of aliphatic hydroxyl groups is 3. The number of unbranched alkanes of at least 4 members (excludes halogenated alkanes) is 2. The van der Waals surface area contributed by atoms with Crippen molar-refractivity contribution in [2.75, 3.05) is 18.1 Å². The number of nitrogens with one attached hydrogen (secondary N) is 1. The molecule has 1 aromatic heterocycles. The minimum atomic E-state index is -1.18. The zero-order valence-electron chi connectivity index (χ0n) is 12.6. The van der Waals surface area contributed by atoms with E-state index >= 15 is 0 Å². The van der Waals surface area contributed by atoms with Gasteiger partial charge in [0.05, 0.1) is 6.61 Å². The highest BCUT2D eigenvalue weighted by molar-refractivity contribution is 5.38. The Morgan fingerprint density at radius 2 is 2.14 bits per heavy atom. The summed E-state index contributed by atoms with van der Waals surface area (Å²) in [6.45, 7) is 2.21. The fourth-order valence-electron chi connectivity index (χ4n) is 2.56. The van der Waals surface area contributed by atoms with Gasteiger partial charge in [-0.05, 0) is 12.5 Å². The number of nitrogens with zero attached hydrogens (tertiary/aromatic N) is 2. The highest BCUT2D eigenvalue weighted by atomic mass is 16.6. The van der Waals surface area contributed by atoms with E-state index in [0.717, 1.165) is 19.3 Å². The van der Waals surface area contributed by atoms with E-state index in [9.17, 15) is 20.1 Å². The van der Waals surface area contributed by atoms with Crippen molar-refractivity contribution in [2.24, 2.45) is 0 Å². The van der Waals surface area contributed by atoms with Gasteiger partial charge in [0.25, 0.3) is 0 Å². The molecular formula is C14H23N3O5. The van der Waals surface area contributed by atoms with Crippen LogP contribution in [0.2, 0.25) is 0 Å². The van der Waals surface area contributed by atoms with E-state index < -0.39 is 30.2 Å². The molecule has 1 saturated heterocycles. The first-order chi connectivity index (χ1) is 10.6. The Morgan fingerprint density at radius 1 is 1.36 bits per heavy atom. The standard InChI is InChI=1S/C14H23N3O5/c1-2-3-4-7-17(10-5-6-15-14(21)16-10)13-12(20)11(19)9(8-18)22-13/h5-6,9,11-13,18-20H,2-4,7-8H2,1H3,(H,15,16,21)/t9-,11-,12+,13-/m1/s1.